The molecule has 1 saturated heterocycles. The molecule has 1 fully saturated rings. The number of halogens is 1. The first-order valence-corrected chi connectivity index (χ1v) is 10.7. The number of hydrogen-bond donors (Lipinski definition) is 2. The Hall–Kier alpha value is -2.94. The van der Waals surface area contributed by atoms with Crippen LogP contribution in [0.4, 0.5) is 14.9 Å². The number of ether oxygens (including phenoxy) is 2. The van der Waals surface area contributed by atoms with Crippen LogP contribution in [0.25, 0.3) is 5.57 Å². The number of nitrogens with zero attached hydrogens (tertiary/aromatic N) is 1. The highest BCUT2D eigenvalue weighted by atomic mass is 19.1. The zero-order chi connectivity index (χ0) is 23.5. The molecule has 1 aromatic rings. The molecule has 0 spiro atoms. The fourth-order valence-corrected chi connectivity index (χ4v) is 3.68. The molecule has 0 radical (unpaired) electrons. The molecule has 2 atom stereocenters. The lowest BCUT2D eigenvalue weighted by Crippen LogP contribution is -2.40. The average Bonchev–Trinajstić information content (AvgIpc) is 2.90. The van der Waals surface area contributed by atoms with Crippen LogP contribution in [0.3, 0.4) is 0 Å². The Morgan fingerprint density at radius 1 is 1.34 bits per heavy atom. The maximum Gasteiger partial charge on any atom is 0.414 e. The molecule has 2 aliphatic heterocycles. The Labute approximate surface area is 187 Å². The number of anilines is 1. The topological polar surface area (TPSA) is 97.0 Å². The minimum absolute atomic E-state index is 0.205. The van der Waals surface area contributed by atoms with E-state index in [9.17, 15) is 18.8 Å². The number of nitrogens with one attached hydrogen (secondary N) is 2. The van der Waals surface area contributed by atoms with Gasteiger partial charge in [0, 0.05) is 19.0 Å². The van der Waals surface area contributed by atoms with Gasteiger partial charge < -0.3 is 20.1 Å². The fraction of sp³-hybridized carbons (Fsp3) is 0.522. The Bertz CT molecular complexity index is 925. The summed E-state index contributed by atoms with van der Waals surface area (Å²) in [6, 6.07) is 4.16. The van der Waals surface area contributed by atoms with Gasteiger partial charge in [-0.1, -0.05) is 6.08 Å². The lowest BCUT2D eigenvalue weighted by Gasteiger charge is -2.23. The molecule has 2 N–H and O–H groups in total. The third-order valence-corrected chi connectivity index (χ3v) is 5.17. The normalized spacial score (nSPS) is 21.5. The van der Waals surface area contributed by atoms with Crippen LogP contribution in [0.5, 0.6) is 0 Å². The van der Waals surface area contributed by atoms with Crippen molar-refractivity contribution < 1.29 is 28.2 Å². The molecule has 174 valence electrons. The summed E-state index contributed by atoms with van der Waals surface area (Å²) in [6.07, 6.45) is 1.80. The van der Waals surface area contributed by atoms with E-state index < -0.39 is 29.7 Å². The van der Waals surface area contributed by atoms with Gasteiger partial charge in [-0.2, -0.15) is 0 Å². The van der Waals surface area contributed by atoms with E-state index in [4.69, 9.17) is 9.47 Å². The van der Waals surface area contributed by atoms with E-state index >= 15 is 0 Å². The number of rotatable bonds is 5. The third-order valence-electron chi connectivity index (χ3n) is 5.17. The molecule has 0 aliphatic carbocycles. The van der Waals surface area contributed by atoms with Gasteiger partial charge in [-0.25, -0.2) is 9.18 Å². The number of cyclic esters (lactones) is 1. The van der Waals surface area contributed by atoms with Crippen molar-refractivity contribution in [3.05, 3.63) is 35.7 Å². The Balaban J connectivity index is 1.65. The van der Waals surface area contributed by atoms with Gasteiger partial charge in [0.15, 0.2) is 0 Å². The van der Waals surface area contributed by atoms with Crippen molar-refractivity contribution >= 4 is 29.2 Å². The smallest absolute Gasteiger partial charge is 0.414 e. The molecule has 32 heavy (non-hydrogen) atoms. The van der Waals surface area contributed by atoms with E-state index in [0.717, 1.165) is 5.57 Å². The molecule has 2 aliphatic rings. The summed E-state index contributed by atoms with van der Waals surface area (Å²) in [5, 5.41) is 5.75. The molecule has 9 heteroatoms. The third kappa shape index (κ3) is 6.06. The molecule has 0 aromatic heterocycles. The lowest BCUT2D eigenvalue weighted by molar-refractivity contribution is -0.157. The van der Waals surface area contributed by atoms with Crippen LogP contribution in [-0.4, -0.2) is 55.4 Å². The molecule has 0 bridgehead atoms. The lowest BCUT2D eigenvalue weighted by atomic mass is 9.98. The quantitative estimate of drug-likeness (QED) is 0.674. The van der Waals surface area contributed by atoms with Crippen molar-refractivity contribution in [1.82, 2.24) is 10.6 Å². The number of amides is 2. The zero-order valence-electron chi connectivity index (χ0n) is 18.9. The molecule has 2 heterocycles. The molecule has 2 amide bonds. The summed E-state index contributed by atoms with van der Waals surface area (Å²) in [7, 11) is 0. The van der Waals surface area contributed by atoms with Crippen LogP contribution in [0.15, 0.2) is 24.3 Å². The van der Waals surface area contributed by atoms with Crippen molar-refractivity contribution in [2.75, 3.05) is 24.5 Å². The largest absolute Gasteiger partial charge is 0.459 e. The number of allylic oxidation sites excluding steroid dienone is 1. The van der Waals surface area contributed by atoms with E-state index in [-0.39, 0.29) is 25.0 Å². The summed E-state index contributed by atoms with van der Waals surface area (Å²) >= 11 is 0. The predicted octanol–water partition coefficient (Wildman–Crippen LogP) is 2.76. The second-order valence-electron chi connectivity index (χ2n) is 8.98. The van der Waals surface area contributed by atoms with Crippen LogP contribution in [-0.2, 0) is 19.1 Å². The van der Waals surface area contributed by atoms with Crippen LogP contribution in [0, 0.1) is 5.82 Å². The van der Waals surface area contributed by atoms with Crippen LogP contribution in [0.2, 0.25) is 0 Å². The average molecular weight is 448 g/mol. The fourth-order valence-electron chi connectivity index (χ4n) is 3.68. The Kier molecular flexibility index (Phi) is 7.18. The standard InChI is InChI=1S/C23H30FN3O5/c1-14(28)26-12-17-13-27(22(30)31-17)16-6-7-18(19(24)11-16)15-5-8-20(25-10-9-15)21(29)32-23(2,3)4/h6-7,9,11,17,20,25H,5,8,10,12-13H2,1-4H3,(H,26,28)/t17?,20-/m0/s1. The van der Waals surface area contributed by atoms with Crippen molar-refractivity contribution in [3.8, 4) is 0 Å². The van der Waals surface area contributed by atoms with Gasteiger partial charge in [-0.3, -0.25) is 14.5 Å². The first-order chi connectivity index (χ1) is 15.0. The van der Waals surface area contributed by atoms with Gasteiger partial charge in [0.05, 0.1) is 18.8 Å². The zero-order valence-corrected chi connectivity index (χ0v) is 18.9. The molecule has 0 saturated carbocycles. The van der Waals surface area contributed by atoms with E-state index in [1.54, 1.807) is 12.1 Å². The second kappa shape index (κ2) is 9.68. The minimum Gasteiger partial charge on any atom is -0.459 e. The van der Waals surface area contributed by atoms with Crippen LogP contribution in [0.1, 0.15) is 46.1 Å². The van der Waals surface area contributed by atoms with Gasteiger partial charge >= 0.3 is 12.1 Å². The Morgan fingerprint density at radius 2 is 2.09 bits per heavy atom. The molecular formula is C23H30FN3O5. The number of carbonyl (C=O) groups excluding carboxylic acids is 3. The number of carbonyl (C=O) groups is 3. The highest BCUT2D eigenvalue weighted by Gasteiger charge is 2.33. The van der Waals surface area contributed by atoms with Crippen molar-refractivity contribution in [1.29, 1.82) is 0 Å². The van der Waals surface area contributed by atoms with Crippen LogP contribution >= 0.6 is 0 Å². The highest BCUT2D eigenvalue weighted by Crippen LogP contribution is 2.30. The van der Waals surface area contributed by atoms with Crippen molar-refractivity contribution in [2.24, 2.45) is 0 Å². The summed E-state index contributed by atoms with van der Waals surface area (Å²) in [5.74, 6) is -0.984. The van der Waals surface area contributed by atoms with Gasteiger partial charge in [-0.15, -0.1) is 0 Å². The highest BCUT2D eigenvalue weighted by molar-refractivity contribution is 5.90. The first kappa shape index (κ1) is 23.7. The number of benzene rings is 1. The first-order valence-electron chi connectivity index (χ1n) is 10.7. The predicted molar refractivity (Wildman–Crippen MR) is 118 cm³/mol. The molecule has 8 nitrogen and oxygen atoms in total. The van der Waals surface area contributed by atoms with E-state index in [1.807, 2.05) is 26.8 Å². The van der Waals surface area contributed by atoms with Gasteiger partial charge in [0.25, 0.3) is 0 Å². The monoisotopic (exact) mass is 447 g/mol. The molecule has 1 unspecified atom stereocenters. The summed E-state index contributed by atoms with van der Waals surface area (Å²) in [5.41, 5.74) is 1.05. The second-order valence-corrected chi connectivity index (χ2v) is 8.98. The molecule has 3 rings (SSSR count). The summed E-state index contributed by atoms with van der Waals surface area (Å²) in [4.78, 5) is 36.9. The minimum atomic E-state index is -0.578. The summed E-state index contributed by atoms with van der Waals surface area (Å²) < 4.78 is 25.7. The van der Waals surface area contributed by atoms with Crippen LogP contribution < -0.4 is 15.5 Å². The van der Waals surface area contributed by atoms with E-state index in [0.29, 0.717) is 30.6 Å². The van der Waals surface area contributed by atoms with Gasteiger partial charge in [-0.05, 0) is 57.4 Å². The van der Waals surface area contributed by atoms with Crippen molar-refractivity contribution in [2.45, 2.75) is 58.3 Å². The maximum absolute atomic E-state index is 15.0. The number of hydrogen-bond acceptors (Lipinski definition) is 6. The Morgan fingerprint density at radius 3 is 2.75 bits per heavy atom. The van der Waals surface area contributed by atoms with Gasteiger partial charge in [0.2, 0.25) is 5.91 Å². The molecular weight excluding hydrogens is 417 g/mol. The van der Waals surface area contributed by atoms with E-state index in [2.05, 4.69) is 10.6 Å². The molecule has 1 aromatic carbocycles. The number of esters is 1. The summed E-state index contributed by atoms with van der Waals surface area (Å²) in [6.45, 7) is 7.69. The maximum atomic E-state index is 15.0. The SMILES string of the molecule is CC(=O)NCC1CN(c2ccc(C3=CCN[C@H](C(=O)OC(C)(C)C)CC3)c(F)c2)C(=O)O1. The van der Waals surface area contributed by atoms with Crippen molar-refractivity contribution in [3.63, 3.8) is 0 Å². The van der Waals surface area contributed by atoms with E-state index in [1.165, 1.54) is 17.9 Å². The van der Waals surface area contributed by atoms with Gasteiger partial charge in [0.1, 0.15) is 23.6 Å².